The predicted molar refractivity (Wildman–Crippen MR) is 81.0 cm³/mol. The molecule has 1 atom stereocenters. The van der Waals surface area contributed by atoms with Crippen molar-refractivity contribution in [2.24, 2.45) is 5.92 Å². The smallest absolute Gasteiger partial charge is 0.305 e. The largest absolute Gasteiger partial charge is 0.484 e. The minimum Gasteiger partial charge on any atom is -0.484 e. The van der Waals surface area contributed by atoms with Crippen molar-refractivity contribution in [3.05, 3.63) is 28.2 Å². The maximum Gasteiger partial charge on any atom is 0.305 e. The van der Waals surface area contributed by atoms with E-state index in [1.54, 1.807) is 12.1 Å². The Morgan fingerprint density at radius 3 is 2.48 bits per heavy atom. The van der Waals surface area contributed by atoms with E-state index in [-0.39, 0.29) is 24.9 Å². The molecule has 0 bridgehead atoms. The highest BCUT2D eigenvalue weighted by atomic mass is 35.5. The van der Waals surface area contributed by atoms with Gasteiger partial charge in [-0.05, 0) is 18.1 Å². The molecule has 7 heteroatoms. The number of carboxylic acid groups (broad SMARTS) is 1. The molecule has 5 nitrogen and oxygen atoms in total. The van der Waals surface area contributed by atoms with E-state index in [2.05, 4.69) is 5.32 Å². The van der Waals surface area contributed by atoms with Gasteiger partial charge >= 0.3 is 5.97 Å². The highest BCUT2D eigenvalue weighted by Gasteiger charge is 2.19. The summed E-state index contributed by atoms with van der Waals surface area (Å²) in [6, 6.07) is 4.23. The van der Waals surface area contributed by atoms with E-state index in [1.165, 1.54) is 6.07 Å². The fourth-order valence-corrected chi connectivity index (χ4v) is 1.89. The molecule has 2 N–H and O–H groups in total. The molecule has 0 fully saturated rings. The Morgan fingerprint density at radius 2 is 1.95 bits per heavy atom. The number of carbonyl (C=O) groups excluding carboxylic acids is 1. The summed E-state index contributed by atoms with van der Waals surface area (Å²) in [6.07, 6.45) is -0.129. The number of carbonyl (C=O) groups is 2. The maximum atomic E-state index is 11.8. The zero-order valence-corrected chi connectivity index (χ0v) is 13.2. The number of hydrogen-bond acceptors (Lipinski definition) is 3. The van der Waals surface area contributed by atoms with Crippen molar-refractivity contribution in [3.8, 4) is 5.75 Å². The first-order valence-electron chi connectivity index (χ1n) is 6.38. The standard InChI is InChI=1S/C14H17Cl2NO4/c1-8(2)12(6-14(19)20)17-13(18)7-21-9-3-4-10(15)11(16)5-9/h3-5,8,12H,6-7H2,1-2H3,(H,17,18)(H,19,20). The van der Waals surface area contributed by atoms with Gasteiger partial charge in [0.1, 0.15) is 5.75 Å². The van der Waals surface area contributed by atoms with E-state index in [9.17, 15) is 9.59 Å². The molecule has 0 saturated heterocycles. The zero-order valence-electron chi connectivity index (χ0n) is 11.7. The lowest BCUT2D eigenvalue weighted by molar-refractivity contribution is -0.138. The SMILES string of the molecule is CC(C)C(CC(=O)O)NC(=O)COc1ccc(Cl)c(Cl)c1. The lowest BCUT2D eigenvalue weighted by Gasteiger charge is -2.20. The van der Waals surface area contributed by atoms with Crippen LogP contribution in [-0.2, 0) is 9.59 Å². The topological polar surface area (TPSA) is 75.6 Å². The first-order valence-corrected chi connectivity index (χ1v) is 7.14. The Morgan fingerprint density at radius 1 is 1.29 bits per heavy atom. The second-order valence-electron chi connectivity index (χ2n) is 4.88. The summed E-state index contributed by atoms with van der Waals surface area (Å²) in [7, 11) is 0. The van der Waals surface area contributed by atoms with Crippen molar-refractivity contribution in [1.82, 2.24) is 5.32 Å². The van der Waals surface area contributed by atoms with Gasteiger partial charge in [0.05, 0.1) is 16.5 Å². The molecule has 0 saturated carbocycles. The average Bonchev–Trinajstić information content (AvgIpc) is 2.38. The van der Waals surface area contributed by atoms with Crippen LogP contribution >= 0.6 is 23.2 Å². The van der Waals surface area contributed by atoms with E-state index in [0.717, 1.165) is 0 Å². The number of rotatable bonds is 7. The van der Waals surface area contributed by atoms with Gasteiger partial charge in [-0.15, -0.1) is 0 Å². The summed E-state index contributed by atoms with van der Waals surface area (Å²) in [6.45, 7) is 3.46. The van der Waals surface area contributed by atoms with Crippen LogP contribution in [0.4, 0.5) is 0 Å². The molecule has 0 heterocycles. The molecule has 21 heavy (non-hydrogen) atoms. The third-order valence-corrected chi connectivity index (χ3v) is 3.55. The van der Waals surface area contributed by atoms with Gasteiger partial charge in [0.2, 0.25) is 0 Å². The van der Waals surface area contributed by atoms with Gasteiger partial charge in [-0.2, -0.15) is 0 Å². The summed E-state index contributed by atoms with van der Waals surface area (Å²) in [5.41, 5.74) is 0. The number of aliphatic carboxylic acids is 1. The Balaban J connectivity index is 2.52. The van der Waals surface area contributed by atoms with Crippen LogP contribution in [0.15, 0.2) is 18.2 Å². The molecule has 116 valence electrons. The van der Waals surface area contributed by atoms with E-state index in [4.69, 9.17) is 33.0 Å². The number of ether oxygens (including phenoxy) is 1. The molecule has 1 unspecified atom stereocenters. The van der Waals surface area contributed by atoms with Gasteiger partial charge in [0.25, 0.3) is 5.91 Å². The van der Waals surface area contributed by atoms with Crippen LogP contribution in [0.25, 0.3) is 0 Å². The number of amides is 1. The second-order valence-corrected chi connectivity index (χ2v) is 5.69. The molecular weight excluding hydrogens is 317 g/mol. The lowest BCUT2D eigenvalue weighted by atomic mass is 10.0. The van der Waals surface area contributed by atoms with Gasteiger partial charge in [-0.3, -0.25) is 9.59 Å². The average molecular weight is 334 g/mol. The van der Waals surface area contributed by atoms with Crippen LogP contribution in [0.2, 0.25) is 10.0 Å². The summed E-state index contributed by atoms with van der Waals surface area (Å²) in [5, 5.41) is 12.2. The highest BCUT2D eigenvalue weighted by molar-refractivity contribution is 6.42. The third-order valence-electron chi connectivity index (χ3n) is 2.81. The second kappa shape index (κ2) is 8.10. The molecule has 0 aromatic heterocycles. The van der Waals surface area contributed by atoms with Gasteiger partial charge in [0.15, 0.2) is 6.61 Å². The number of nitrogens with one attached hydrogen (secondary N) is 1. The number of carboxylic acids is 1. The summed E-state index contributed by atoms with van der Waals surface area (Å²) in [4.78, 5) is 22.5. The normalized spacial score (nSPS) is 12.0. The molecule has 1 aromatic rings. The monoisotopic (exact) mass is 333 g/mol. The summed E-state index contributed by atoms with van der Waals surface area (Å²) < 4.78 is 5.29. The third kappa shape index (κ3) is 6.23. The van der Waals surface area contributed by atoms with Crippen LogP contribution in [0.3, 0.4) is 0 Å². The number of benzene rings is 1. The van der Waals surface area contributed by atoms with Crippen LogP contribution in [0, 0.1) is 5.92 Å². The predicted octanol–water partition coefficient (Wildman–Crippen LogP) is 2.99. The summed E-state index contributed by atoms with van der Waals surface area (Å²) in [5.74, 6) is -0.922. The minimum absolute atomic E-state index is 0.00928. The van der Waals surface area contributed by atoms with Crippen LogP contribution < -0.4 is 10.1 Å². The Labute approximate surface area is 133 Å². The molecule has 0 aliphatic rings. The van der Waals surface area contributed by atoms with Crippen molar-refractivity contribution in [2.75, 3.05) is 6.61 Å². The first-order chi connectivity index (χ1) is 9.79. The molecule has 1 amide bonds. The maximum absolute atomic E-state index is 11.8. The van der Waals surface area contributed by atoms with Crippen LogP contribution in [0.1, 0.15) is 20.3 Å². The van der Waals surface area contributed by atoms with Crippen LogP contribution in [-0.4, -0.2) is 29.6 Å². The van der Waals surface area contributed by atoms with E-state index in [1.807, 2.05) is 13.8 Å². The van der Waals surface area contributed by atoms with Crippen molar-refractivity contribution in [1.29, 1.82) is 0 Å². The number of halogens is 2. The molecule has 0 spiro atoms. The van der Waals surface area contributed by atoms with Gasteiger partial charge in [-0.25, -0.2) is 0 Å². The highest BCUT2D eigenvalue weighted by Crippen LogP contribution is 2.26. The molecule has 0 aliphatic carbocycles. The summed E-state index contributed by atoms with van der Waals surface area (Å²) >= 11 is 11.6. The minimum atomic E-state index is -0.959. The molecule has 0 aliphatic heterocycles. The zero-order chi connectivity index (χ0) is 16.0. The Kier molecular flexibility index (Phi) is 6.78. The Bertz CT molecular complexity index is 520. The fourth-order valence-electron chi connectivity index (χ4n) is 1.61. The van der Waals surface area contributed by atoms with Gasteiger partial charge in [-0.1, -0.05) is 37.0 Å². The van der Waals surface area contributed by atoms with Crippen LogP contribution in [0.5, 0.6) is 5.75 Å². The van der Waals surface area contributed by atoms with Crippen molar-refractivity contribution in [2.45, 2.75) is 26.3 Å². The molecule has 0 radical (unpaired) electrons. The molecule has 1 aromatic carbocycles. The van der Waals surface area contributed by atoms with Crippen molar-refractivity contribution in [3.63, 3.8) is 0 Å². The molecule has 1 rings (SSSR count). The fraction of sp³-hybridized carbons (Fsp3) is 0.429. The van der Waals surface area contributed by atoms with Crippen molar-refractivity contribution >= 4 is 35.1 Å². The van der Waals surface area contributed by atoms with Gasteiger partial charge in [0, 0.05) is 12.1 Å². The van der Waals surface area contributed by atoms with Gasteiger partial charge < -0.3 is 15.2 Å². The van der Waals surface area contributed by atoms with E-state index < -0.39 is 12.0 Å². The first kappa shape index (κ1) is 17.6. The quantitative estimate of drug-likeness (QED) is 0.804. The lowest BCUT2D eigenvalue weighted by Crippen LogP contribution is -2.42. The van der Waals surface area contributed by atoms with E-state index in [0.29, 0.717) is 15.8 Å². The van der Waals surface area contributed by atoms with E-state index >= 15 is 0 Å². The number of hydrogen-bond donors (Lipinski definition) is 2. The molecular formula is C14H17Cl2NO4. The van der Waals surface area contributed by atoms with Crippen molar-refractivity contribution < 1.29 is 19.4 Å². The Hall–Kier alpha value is -1.46.